The van der Waals surface area contributed by atoms with E-state index in [0.29, 0.717) is 19.6 Å². The van der Waals surface area contributed by atoms with Crippen molar-refractivity contribution >= 4 is 19.1 Å². The van der Waals surface area contributed by atoms with Crippen molar-refractivity contribution in [1.82, 2.24) is 10.2 Å². The largest absolute Gasteiger partial charge is 0.632 e. The molecule has 3 aliphatic rings. The Morgan fingerprint density at radius 1 is 1.44 bits per heavy atom. The summed E-state index contributed by atoms with van der Waals surface area (Å²) in [6.07, 6.45) is 1.40. The predicted octanol–water partition coefficient (Wildman–Crippen LogP) is -1.31. The molecule has 3 saturated heterocycles. The minimum absolute atomic E-state index is 0.0503. The SMILES string of the molecule is [CH2-]N1CC(=O)OB(C2CO2)OC(=O)[C@@]12CCCN2. The minimum Gasteiger partial charge on any atom is -0.497 e. The zero-order valence-electron chi connectivity index (χ0n) is 9.89. The van der Waals surface area contributed by atoms with Crippen molar-refractivity contribution in [2.75, 3.05) is 19.7 Å². The molecule has 0 aliphatic carbocycles. The molecule has 3 rings (SSSR count). The third kappa shape index (κ3) is 1.90. The molecule has 8 heteroatoms. The zero-order valence-corrected chi connectivity index (χ0v) is 9.89. The van der Waals surface area contributed by atoms with E-state index in [0.717, 1.165) is 6.42 Å². The maximum atomic E-state index is 12.2. The van der Waals surface area contributed by atoms with Crippen LogP contribution in [0.3, 0.4) is 0 Å². The molecule has 0 radical (unpaired) electrons. The lowest BCUT2D eigenvalue weighted by molar-refractivity contribution is -0.157. The topological polar surface area (TPSA) is 80.4 Å². The Labute approximate surface area is 105 Å². The number of nitrogens with zero attached hydrogens (tertiary/aromatic N) is 1. The minimum atomic E-state index is -1.01. The molecule has 1 N–H and O–H groups in total. The molecule has 3 fully saturated rings. The van der Waals surface area contributed by atoms with E-state index in [2.05, 4.69) is 12.4 Å². The van der Waals surface area contributed by atoms with Crippen LogP contribution in [0.25, 0.3) is 0 Å². The van der Waals surface area contributed by atoms with Crippen LogP contribution in [0.15, 0.2) is 0 Å². The molecule has 0 bridgehead atoms. The van der Waals surface area contributed by atoms with E-state index in [1.54, 1.807) is 0 Å². The van der Waals surface area contributed by atoms with Crippen LogP contribution in [0, 0.1) is 7.05 Å². The van der Waals surface area contributed by atoms with Gasteiger partial charge in [0.05, 0.1) is 13.2 Å². The third-order valence-corrected chi connectivity index (χ3v) is 3.46. The van der Waals surface area contributed by atoms with Gasteiger partial charge in [0.15, 0.2) is 0 Å². The highest BCUT2D eigenvalue weighted by atomic mass is 16.7. The quantitative estimate of drug-likeness (QED) is 0.353. The molecule has 18 heavy (non-hydrogen) atoms. The highest BCUT2D eigenvalue weighted by molar-refractivity contribution is 6.51. The molecule has 1 spiro atoms. The average Bonchev–Trinajstić information content (AvgIpc) is 3.03. The fourth-order valence-corrected chi connectivity index (χ4v) is 2.35. The Hall–Kier alpha value is -1.12. The highest BCUT2D eigenvalue weighted by Gasteiger charge is 2.53. The van der Waals surface area contributed by atoms with Gasteiger partial charge in [0.2, 0.25) is 0 Å². The molecular formula is C10H14BN2O5-. The van der Waals surface area contributed by atoms with Gasteiger partial charge >= 0.3 is 19.1 Å². The van der Waals surface area contributed by atoms with Crippen molar-refractivity contribution in [2.24, 2.45) is 0 Å². The van der Waals surface area contributed by atoms with Gasteiger partial charge in [-0.05, 0) is 19.4 Å². The van der Waals surface area contributed by atoms with Gasteiger partial charge in [-0.2, -0.15) is 0 Å². The summed E-state index contributed by atoms with van der Waals surface area (Å²) in [4.78, 5) is 25.3. The van der Waals surface area contributed by atoms with Crippen molar-refractivity contribution in [3.8, 4) is 0 Å². The van der Waals surface area contributed by atoms with E-state index in [4.69, 9.17) is 14.0 Å². The summed E-state index contributed by atoms with van der Waals surface area (Å²) in [7, 11) is 2.83. The lowest BCUT2D eigenvalue weighted by atomic mass is 9.84. The Bertz CT molecular complexity index is 380. The molecular weight excluding hydrogens is 239 g/mol. The van der Waals surface area contributed by atoms with Crippen LogP contribution < -0.4 is 5.32 Å². The van der Waals surface area contributed by atoms with Crippen LogP contribution >= 0.6 is 0 Å². The second-order valence-corrected chi connectivity index (χ2v) is 4.72. The fourth-order valence-electron chi connectivity index (χ4n) is 2.35. The average molecular weight is 253 g/mol. The second-order valence-electron chi connectivity index (χ2n) is 4.72. The summed E-state index contributed by atoms with van der Waals surface area (Å²) in [5, 5.41) is 3.08. The molecule has 2 atom stereocenters. The molecule has 0 saturated carbocycles. The summed E-state index contributed by atoms with van der Waals surface area (Å²) >= 11 is 0. The van der Waals surface area contributed by atoms with Gasteiger partial charge < -0.3 is 18.9 Å². The number of epoxide rings is 1. The van der Waals surface area contributed by atoms with Crippen LogP contribution in [-0.2, 0) is 23.6 Å². The highest BCUT2D eigenvalue weighted by Crippen LogP contribution is 2.28. The first-order chi connectivity index (χ1) is 8.62. The molecule has 98 valence electrons. The molecule has 1 unspecified atom stereocenters. The third-order valence-electron chi connectivity index (χ3n) is 3.46. The standard InChI is InChI=1S/C10H14BN2O5/c1-13-5-8(14)17-11(7-6-16-7)18-9(15)10(13)3-2-4-12-10/h7,12H,1-6H2/q-1/t7?,10-/m1/s1. The summed E-state index contributed by atoms with van der Waals surface area (Å²) < 4.78 is 15.3. The number of ether oxygens (including phenoxy) is 1. The summed E-state index contributed by atoms with van der Waals surface area (Å²) in [5.74, 6) is -0.922. The maximum Gasteiger partial charge on any atom is 0.632 e. The van der Waals surface area contributed by atoms with Crippen LogP contribution in [0.4, 0.5) is 0 Å². The van der Waals surface area contributed by atoms with E-state index >= 15 is 0 Å². The lowest BCUT2D eigenvalue weighted by Crippen LogP contribution is -2.63. The lowest BCUT2D eigenvalue weighted by Gasteiger charge is -2.43. The Morgan fingerprint density at radius 2 is 2.22 bits per heavy atom. The van der Waals surface area contributed by atoms with Gasteiger partial charge in [-0.15, -0.1) is 0 Å². The molecule has 0 aromatic rings. The van der Waals surface area contributed by atoms with Crippen LogP contribution in [0.5, 0.6) is 0 Å². The number of nitrogens with one attached hydrogen (secondary N) is 1. The fraction of sp³-hybridized carbons (Fsp3) is 0.700. The maximum absolute atomic E-state index is 12.2. The number of hydrogen-bond donors (Lipinski definition) is 1. The van der Waals surface area contributed by atoms with Gasteiger partial charge in [0.25, 0.3) is 0 Å². The molecule has 0 aromatic heterocycles. The van der Waals surface area contributed by atoms with Crippen molar-refractivity contribution < 1.29 is 23.6 Å². The van der Waals surface area contributed by atoms with Gasteiger partial charge in [0, 0.05) is 0 Å². The molecule has 0 amide bonds. The Morgan fingerprint density at radius 3 is 2.83 bits per heavy atom. The molecule has 0 aromatic carbocycles. The summed E-state index contributed by atoms with van der Waals surface area (Å²) in [6, 6.07) is -0.326. The van der Waals surface area contributed by atoms with E-state index in [1.165, 1.54) is 4.90 Å². The van der Waals surface area contributed by atoms with Crippen molar-refractivity contribution in [1.29, 1.82) is 0 Å². The normalized spacial score (nSPS) is 37.2. The number of carbonyl (C=O) groups excluding carboxylic acids is 2. The van der Waals surface area contributed by atoms with E-state index < -0.39 is 24.7 Å². The van der Waals surface area contributed by atoms with Crippen LogP contribution in [0.1, 0.15) is 12.8 Å². The summed E-state index contributed by atoms with van der Waals surface area (Å²) in [5.41, 5.74) is -1.01. The first-order valence-corrected chi connectivity index (χ1v) is 5.97. The predicted molar refractivity (Wildman–Crippen MR) is 59.7 cm³/mol. The summed E-state index contributed by atoms with van der Waals surface area (Å²) in [6.45, 7) is 1.09. The van der Waals surface area contributed by atoms with Crippen molar-refractivity contribution in [3.05, 3.63) is 7.05 Å². The van der Waals surface area contributed by atoms with Gasteiger partial charge in [-0.25, -0.2) is 0 Å². The molecule has 3 aliphatic heterocycles. The van der Waals surface area contributed by atoms with E-state index in [-0.39, 0.29) is 12.5 Å². The second kappa shape index (κ2) is 4.22. The van der Waals surface area contributed by atoms with Crippen molar-refractivity contribution in [2.45, 2.75) is 24.5 Å². The monoisotopic (exact) mass is 253 g/mol. The number of hydrogen-bond acceptors (Lipinski definition) is 7. The van der Waals surface area contributed by atoms with Crippen LogP contribution in [-0.4, -0.2) is 55.3 Å². The van der Waals surface area contributed by atoms with E-state index in [9.17, 15) is 9.59 Å². The zero-order chi connectivity index (χ0) is 12.8. The smallest absolute Gasteiger partial charge is 0.497 e. The van der Waals surface area contributed by atoms with Gasteiger partial charge in [0.1, 0.15) is 11.7 Å². The van der Waals surface area contributed by atoms with Gasteiger partial charge in [-0.1, -0.05) is 0 Å². The van der Waals surface area contributed by atoms with E-state index in [1.807, 2.05) is 0 Å². The molecule has 3 heterocycles. The van der Waals surface area contributed by atoms with Crippen molar-refractivity contribution in [3.63, 3.8) is 0 Å². The Kier molecular flexibility index (Phi) is 2.80. The van der Waals surface area contributed by atoms with Gasteiger partial charge in [-0.3, -0.25) is 22.0 Å². The first kappa shape index (κ1) is 11.9. The Balaban J connectivity index is 1.84. The number of carbonyl (C=O) groups is 2. The van der Waals surface area contributed by atoms with Crippen LogP contribution in [0.2, 0.25) is 0 Å². The number of rotatable bonds is 1. The molecule has 7 nitrogen and oxygen atoms in total. The first-order valence-electron chi connectivity index (χ1n) is 5.97.